The fourth-order valence-electron chi connectivity index (χ4n) is 3.79. The highest BCUT2D eigenvalue weighted by atomic mass is 16.5. The molecule has 37 heavy (non-hydrogen) atoms. The molecule has 0 saturated carbocycles. The van der Waals surface area contributed by atoms with Crippen LogP contribution in [0.4, 0.5) is 17.8 Å². The lowest BCUT2D eigenvalue weighted by atomic mass is 9.88. The third kappa shape index (κ3) is 10.3. The van der Waals surface area contributed by atoms with Gasteiger partial charge in [0, 0.05) is 31.6 Å². The fourth-order valence-corrected chi connectivity index (χ4v) is 3.79. The molecule has 0 aliphatic heterocycles. The van der Waals surface area contributed by atoms with Crippen molar-refractivity contribution >= 4 is 17.8 Å². The number of rotatable bonds is 18. The van der Waals surface area contributed by atoms with Gasteiger partial charge in [0.25, 0.3) is 0 Å². The Morgan fingerprint density at radius 3 is 1.84 bits per heavy atom. The summed E-state index contributed by atoms with van der Waals surface area (Å²) < 4.78 is 10.9. The molecule has 1 heterocycles. The molecule has 0 saturated heterocycles. The molecule has 3 rings (SSSR count). The van der Waals surface area contributed by atoms with E-state index in [0.29, 0.717) is 63.9 Å². The van der Waals surface area contributed by atoms with Crippen molar-refractivity contribution in [1.82, 2.24) is 15.0 Å². The van der Waals surface area contributed by atoms with Gasteiger partial charge in [0.2, 0.25) is 17.8 Å². The van der Waals surface area contributed by atoms with Gasteiger partial charge in [-0.15, -0.1) is 0 Å². The first kappa shape index (κ1) is 28.3. The molecule has 9 heteroatoms. The van der Waals surface area contributed by atoms with Crippen molar-refractivity contribution < 1.29 is 9.47 Å². The van der Waals surface area contributed by atoms with Crippen LogP contribution in [-0.2, 0) is 9.47 Å². The summed E-state index contributed by atoms with van der Waals surface area (Å²) in [6.07, 6.45) is 1.86. The molecule has 0 amide bonds. The van der Waals surface area contributed by atoms with E-state index in [2.05, 4.69) is 105 Å². The van der Waals surface area contributed by atoms with Gasteiger partial charge in [-0.2, -0.15) is 15.0 Å². The molecule has 9 nitrogen and oxygen atoms in total. The number of hydrogen-bond donors (Lipinski definition) is 4. The number of ether oxygens (including phenoxy) is 2. The lowest BCUT2D eigenvalue weighted by molar-refractivity contribution is 0.0547. The van der Waals surface area contributed by atoms with Crippen LogP contribution >= 0.6 is 0 Å². The van der Waals surface area contributed by atoms with Crippen molar-refractivity contribution in [2.24, 2.45) is 5.73 Å². The van der Waals surface area contributed by atoms with Crippen LogP contribution in [0.1, 0.15) is 43.7 Å². The summed E-state index contributed by atoms with van der Waals surface area (Å²) in [6.45, 7) is 8.16. The molecule has 0 spiro atoms. The minimum absolute atomic E-state index is 0.250. The van der Waals surface area contributed by atoms with Gasteiger partial charge < -0.3 is 31.2 Å². The van der Waals surface area contributed by atoms with E-state index < -0.39 is 0 Å². The van der Waals surface area contributed by atoms with Crippen LogP contribution in [0.15, 0.2) is 60.7 Å². The number of aromatic nitrogens is 3. The molecule has 0 aliphatic carbocycles. The Labute approximate surface area is 220 Å². The van der Waals surface area contributed by atoms with Crippen LogP contribution in [0.25, 0.3) is 0 Å². The molecule has 0 aliphatic rings. The molecule has 0 bridgehead atoms. The first-order chi connectivity index (χ1) is 18.2. The van der Waals surface area contributed by atoms with E-state index in [0.717, 1.165) is 12.8 Å². The van der Waals surface area contributed by atoms with Gasteiger partial charge in [-0.25, -0.2) is 0 Å². The van der Waals surface area contributed by atoms with Crippen molar-refractivity contribution in [2.45, 2.75) is 38.6 Å². The zero-order chi connectivity index (χ0) is 26.1. The van der Waals surface area contributed by atoms with Crippen molar-refractivity contribution in [2.75, 3.05) is 62.0 Å². The van der Waals surface area contributed by atoms with Gasteiger partial charge in [0.15, 0.2) is 0 Å². The third-order valence-electron chi connectivity index (χ3n) is 5.91. The van der Waals surface area contributed by atoms with Gasteiger partial charge in [0.05, 0.1) is 26.4 Å². The zero-order valence-corrected chi connectivity index (χ0v) is 22.0. The maximum absolute atomic E-state index is 5.59. The van der Waals surface area contributed by atoms with Crippen molar-refractivity contribution in [3.8, 4) is 0 Å². The molecule has 2 aromatic carbocycles. The summed E-state index contributed by atoms with van der Waals surface area (Å²) in [5.74, 6) is 1.87. The zero-order valence-electron chi connectivity index (χ0n) is 22.0. The van der Waals surface area contributed by atoms with E-state index in [1.54, 1.807) is 0 Å². The number of benzene rings is 2. The van der Waals surface area contributed by atoms with E-state index in [9.17, 15) is 0 Å². The van der Waals surface area contributed by atoms with Gasteiger partial charge in [0.1, 0.15) is 0 Å². The average Bonchev–Trinajstić information content (AvgIpc) is 2.93. The molecule has 1 atom stereocenters. The molecule has 5 N–H and O–H groups in total. The van der Waals surface area contributed by atoms with Crippen LogP contribution in [0.2, 0.25) is 0 Å². The predicted octanol–water partition coefficient (Wildman–Crippen LogP) is 4.12. The molecule has 0 fully saturated rings. The second-order valence-electron chi connectivity index (χ2n) is 8.79. The molecular weight excluding hydrogens is 466 g/mol. The summed E-state index contributed by atoms with van der Waals surface area (Å²) in [6, 6.07) is 21.4. The largest absolute Gasteiger partial charge is 0.378 e. The van der Waals surface area contributed by atoms with E-state index >= 15 is 0 Å². The number of anilines is 3. The SMILES string of the molecule is CCC(C)Nc1nc(NCCOCCOCCN)nc(NCCC(c2ccccc2)c2ccccc2)n1. The van der Waals surface area contributed by atoms with Gasteiger partial charge in [-0.05, 0) is 30.9 Å². The number of hydrogen-bond acceptors (Lipinski definition) is 9. The molecule has 1 aromatic heterocycles. The number of nitrogens with one attached hydrogen (secondary N) is 3. The predicted molar refractivity (Wildman–Crippen MR) is 150 cm³/mol. The average molecular weight is 508 g/mol. The summed E-state index contributed by atoms with van der Waals surface area (Å²) in [4.78, 5) is 13.7. The van der Waals surface area contributed by atoms with E-state index in [4.69, 9.17) is 15.2 Å². The van der Waals surface area contributed by atoms with Gasteiger partial charge in [-0.3, -0.25) is 0 Å². The van der Waals surface area contributed by atoms with Crippen LogP contribution in [0, 0.1) is 0 Å². The minimum Gasteiger partial charge on any atom is -0.378 e. The number of nitrogens with two attached hydrogens (primary N) is 1. The quantitative estimate of drug-likeness (QED) is 0.189. The lowest BCUT2D eigenvalue weighted by Gasteiger charge is -2.19. The summed E-state index contributed by atoms with van der Waals surface area (Å²) in [7, 11) is 0. The first-order valence-electron chi connectivity index (χ1n) is 13.2. The Bertz CT molecular complexity index is 968. The highest BCUT2D eigenvalue weighted by molar-refractivity contribution is 5.43. The number of nitrogens with zero attached hydrogens (tertiary/aromatic N) is 3. The van der Waals surface area contributed by atoms with Crippen LogP contribution in [-0.4, -0.2) is 67.1 Å². The fraction of sp³-hybridized carbons (Fsp3) is 0.464. The highest BCUT2D eigenvalue weighted by Crippen LogP contribution is 2.27. The molecule has 200 valence electrons. The molecule has 3 aromatic rings. The van der Waals surface area contributed by atoms with Crippen molar-refractivity contribution in [1.29, 1.82) is 0 Å². The monoisotopic (exact) mass is 507 g/mol. The Balaban J connectivity index is 1.60. The van der Waals surface area contributed by atoms with Crippen LogP contribution < -0.4 is 21.7 Å². The standard InChI is InChI=1S/C28H41N7O2/c1-3-22(2)32-28-34-26(33-27(35-28)31-17-19-37-21-20-36-18-15-29)30-16-14-25(23-10-6-4-7-11-23)24-12-8-5-9-13-24/h4-13,22,25H,3,14-21,29H2,1-2H3,(H3,30,31,32,33,34,35). The van der Waals surface area contributed by atoms with Crippen LogP contribution in [0.5, 0.6) is 0 Å². The third-order valence-corrected chi connectivity index (χ3v) is 5.91. The Morgan fingerprint density at radius 1 is 0.730 bits per heavy atom. The van der Waals surface area contributed by atoms with E-state index in [1.807, 2.05) is 0 Å². The summed E-state index contributed by atoms with van der Waals surface area (Å²) >= 11 is 0. The Morgan fingerprint density at radius 2 is 1.27 bits per heavy atom. The maximum Gasteiger partial charge on any atom is 0.229 e. The topological polar surface area (TPSA) is 119 Å². The maximum atomic E-state index is 5.59. The molecule has 1 unspecified atom stereocenters. The Hall–Kier alpha value is -3.27. The Kier molecular flexibility index (Phi) is 12.6. The lowest BCUT2D eigenvalue weighted by Crippen LogP contribution is -2.20. The highest BCUT2D eigenvalue weighted by Gasteiger charge is 2.14. The minimum atomic E-state index is 0.250. The van der Waals surface area contributed by atoms with Gasteiger partial charge >= 0.3 is 0 Å². The second kappa shape index (κ2) is 16.5. The van der Waals surface area contributed by atoms with Crippen LogP contribution in [0.3, 0.4) is 0 Å². The van der Waals surface area contributed by atoms with Gasteiger partial charge in [-0.1, -0.05) is 67.6 Å². The van der Waals surface area contributed by atoms with E-state index in [1.165, 1.54) is 11.1 Å². The normalized spacial score (nSPS) is 11.9. The van der Waals surface area contributed by atoms with Crippen molar-refractivity contribution in [3.63, 3.8) is 0 Å². The molecule has 0 radical (unpaired) electrons. The van der Waals surface area contributed by atoms with E-state index in [-0.39, 0.29) is 12.0 Å². The first-order valence-corrected chi connectivity index (χ1v) is 13.2. The summed E-state index contributed by atoms with van der Waals surface area (Å²) in [5.41, 5.74) is 8.00. The summed E-state index contributed by atoms with van der Waals surface area (Å²) in [5, 5.41) is 10.0. The molecular formula is C28H41N7O2. The second-order valence-corrected chi connectivity index (χ2v) is 8.79. The smallest absolute Gasteiger partial charge is 0.229 e. The van der Waals surface area contributed by atoms with Crippen molar-refractivity contribution in [3.05, 3.63) is 71.8 Å².